The molecule has 30 heavy (non-hydrogen) atoms. The molecule has 1 aromatic carbocycles. The molecule has 6 nitrogen and oxygen atoms in total. The Labute approximate surface area is 169 Å². The molecule has 1 unspecified atom stereocenters. The van der Waals surface area contributed by atoms with Crippen LogP contribution in [0.25, 0.3) is 16.7 Å². The molecule has 1 aliphatic heterocycles. The van der Waals surface area contributed by atoms with Crippen molar-refractivity contribution in [2.75, 3.05) is 18.0 Å². The summed E-state index contributed by atoms with van der Waals surface area (Å²) in [4.78, 5) is 30.2. The summed E-state index contributed by atoms with van der Waals surface area (Å²) in [5.74, 6) is -3.52. The minimum Gasteiger partial charge on any atom is -0.477 e. The molecule has 0 radical (unpaired) electrons. The number of fused-ring (bicyclic) bond motifs is 1. The zero-order valence-electron chi connectivity index (χ0n) is 16.2. The number of hydrogen-bond acceptors (Lipinski definition) is 4. The van der Waals surface area contributed by atoms with E-state index in [1.54, 1.807) is 4.90 Å². The molecule has 0 saturated carbocycles. The number of pyridine rings is 2. The zero-order chi connectivity index (χ0) is 21.7. The Morgan fingerprint density at radius 2 is 1.77 bits per heavy atom. The van der Waals surface area contributed by atoms with Gasteiger partial charge in [0, 0.05) is 25.4 Å². The van der Waals surface area contributed by atoms with Crippen molar-refractivity contribution >= 4 is 22.8 Å². The molecule has 9 heteroatoms. The van der Waals surface area contributed by atoms with Gasteiger partial charge in [-0.05, 0) is 30.0 Å². The Bertz CT molecular complexity index is 1230. The topological polar surface area (TPSA) is 75.4 Å². The molecule has 156 valence electrons. The van der Waals surface area contributed by atoms with E-state index in [0.29, 0.717) is 31.0 Å². The Morgan fingerprint density at radius 1 is 1.10 bits per heavy atom. The Balaban J connectivity index is 2.03. The van der Waals surface area contributed by atoms with E-state index >= 15 is 0 Å². The van der Waals surface area contributed by atoms with Gasteiger partial charge in [-0.1, -0.05) is 13.8 Å². The van der Waals surface area contributed by atoms with Gasteiger partial charge in [0.25, 0.3) is 0 Å². The summed E-state index contributed by atoms with van der Waals surface area (Å²) in [5.41, 5.74) is -1.93. The summed E-state index contributed by atoms with van der Waals surface area (Å²) in [5, 5.41) is 9.07. The number of nitrogens with zero attached hydrogens (tertiary/aromatic N) is 3. The van der Waals surface area contributed by atoms with Crippen molar-refractivity contribution in [2.45, 2.75) is 13.8 Å². The summed E-state index contributed by atoms with van der Waals surface area (Å²) >= 11 is 0. The lowest BCUT2D eigenvalue weighted by Gasteiger charge is -2.20. The van der Waals surface area contributed by atoms with E-state index in [1.807, 2.05) is 13.8 Å². The molecule has 0 spiro atoms. The SMILES string of the molecule is CC1CN(c2nc3c(cc2F)c(=O)c(C(=O)O)cn3-c2ccc(F)cc2F)C[C@H]1C. The molecule has 1 fully saturated rings. The molecular formula is C21H18F3N3O3. The van der Waals surface area contributed by atoms with Crippen molar-refractivity contribution in [3.63, 3.8) is 0 Å². The number of aromatic carboxylic acids is 1. The lowest BCUT2D eigenvalue weighted by molar-refractivity contribution is 0.0695. The van der Waals surface area contributed by atoms with Gasteiger partial charge in [-0.25, -0.2) is 22.9 Å². The maximum atomic E-state index is 14.9. The standard InChI is InChI=1S/C21H18F3N3O3/c1-10-7-26(8-11(10)2)20-16(24)6-13-18(28)14(21(29)30)9-27(19(13)25-20)17-4-3-12(22)5-15(17)23/h3-6,9-11H,7-8H2,1-2H3,(H,29,30)/t10-,11?/m1/s1. The van der Waals surface area contributed by atoms with Gasteiger partial charge in [0.1, 0.15) is 17.2 Å². The molecule has 2 atom stereocenters. The predicted molar refractivity (Wildman–Crippen MR) is 105 cm³/mol. The summed E-state index contributed by atoms with van der Waals surface area (Å²) in [7, 11) is 0. The zero-order valence-corrected chi connectivity index (χ0v) is 16.2. The monoisotopic (exact) mass is 417 g/mol. The van der Waals surface area contributed by atoms with E-state index in [-0.39, 0.29) is 22.5 Å². The molecule has 3 aromatic rings. The van der Waals surface area contributed by atoms with Crippen LogP contribution >= 0.6 is 0 Å². The van der Waals surface area contributed by atoms with Crippen LogP contribution in [-0.2, 0) is 0 Å². The van der Waals surface area contributed by atoms with Crippen molar-refractivity contribution in [1.29, 1.82) is 0 Å². The van der Waals surface area contributed by atoms with Crippen molar-refractivity contribution in [2.24, 2.45) is 11.8 Å². The molecule has 1 saturated heterocycles. The minimum atomic E-state index is -1.55. The first-order valence-corrected chi connectivity index (χ1v) is 9.37. The second-order valence-corrected chi connectivity index (χ2v) is 7.67. The fourth-order valence-electron chi connectivity index (χ4n) is 3.75. The molecule has 0 amide bonds. The lowest BCUT2D eigenvalue weighted by Crippen LogP contribution is -2.24. The molecule has 0 bridgehead atoms. The first kappa shape index (κ1) is 19.9. The van der Waals surface area contributed by atoms with E-state index in [4.69, 9.17) is 0 Å². The van der Waals surface area contributed by atoms with Crippen LogP contribution in [0.2, 0.25) is 0 Å². The van der Waals surface area contributed by atoms with E-state index in [9.17, 15) is 27.9 Å². The highest BCUT2D eigenvalue weighted by Gasteiger charge is 2.30. The molecule has 1 aliphatic rings. The first-order valence-electron chi connectivity index (χ1n) is 9.37. The highest BCUT2D eigenvalue weighted by molar-refractivity contribution is 5.92. The number of rotatable bonds is 3. The van der Waals surface area contributed by atoms with Crippen LogP contribution in [0.5, 0.6) is 0 Å². The van der Waals surface area contributed by atoms with Crippen molar-refractivity contribution < 1.29 is 23.1 Å². The Morgan fingerprint density at radius 3 is 2.37 bits per heavy atom. The van der Waals surface area contributed by atoms with Crippen molar-refractivity contribution in [1.82, 2.24) is 9.55 Å². The van der Waals surface area contributed by atoms with E-state index in [2.05, 4.69) is 4.98 Å². The van der Waals surface area contributed by atoms with Crippen molar-refractivity contribution in [3.05, 3.63) is 63.7 Å². The van der Waals surface area contributed by atoms with Gasteiger partial charge in [0.05, 0.1) is 11.1 Å². The van der Waals surface area contributed by atoms with Gasteiger partial charge in [-0.2, -0.15) is 0 Å². The third-order valence-electron chi connectivity index (χ3n) is 5.60. The van der Waals surface area contributed by atoms with Crippen LogP contribution in [-0.4, -0.2) is 33.7 Å². The molecule has 2 aromatic heterocycles. The predicted octanol–water partition coefficient (Wildman–Crippen LogP) is 3.59. The van der Waals surface area contributed by atoms with Crippen LogP contribution in [0.15, 0.2) is 35.3 Å². The second-order valence-electron chi connectivity index (χ2n) is 7.67. The van der Waals surface area contributed by atoms with Crippen LogP contribution in [0.4, 0.5) is 19.0 Å². The molecule has 4 rings (SSSR count). The van der Waals surface area contributed by atoms with Crippen LogP contribution in [0.1, 0.15) is 24.2 Å². The molecular weight excluding hydrogens is 399 g/mol. The fraction of sp³-hybridized carbons (Fsp3) is 0.286. The molecule has 3 heterocycles. The third-order valence-corrected chi connectivity index (χ3v) is 5.60. The van der Waals surface area contributed by atoms with Gasteiger partial charge in [0.15, 0.2) is 17.3 Å². The van der Waals surface area contributed by atoms with Crippen LogP contribution < -0.4 is 10.3 Å². The highest BCUT2D eigenvalue weighted by Crippen LogP contribution is 2.30. The number of carboxylic acids is 1. The quantitative estimate of drug-likeness (QED) is 0.705. The number of carboxylic acid groups (broad SMARTS) is 1. The fourth-order valence-corrected chi connectivity index (χ4v) is 3.75. The van der Waals surface area contributed by atoms with Crippen LogP contribution in [0, 0.1) is 29.3 Å². The average Bonchev–Trinajstić information content (AvgIpc) is 3.01. The molecule has 0 aliphatic carbocycles. The second kappa shape index (κ2) is 7.16. The summed E-state index contributed by atoms with van der Waals surface area (Å²) in [6.45, 7) is 5.18. The van der Waals surface area contributed by atoms with Gasteiger partial charge in [0.2, 0.25) is 5.43 Å². The number of aromatic nitrogens is 2. The number of hydrogen-bond donors (Lipinski definition) is 1. The number of benzene rings is 1. The van der Waals surface area contributed by atoms with Gasteiger partial charge in [-0.3, -0.25) is 9.36 Å². The summed E-state index contributed by atoms with van der Waals surface area (Å²) in [6, 6.07) is 3.66. The lowest BCUT2D eigenvalue weighted by atomic mass is 10.0. The smallest absolute Gasteiger partial charge is 0.341 e. The maximum Gasteiger partial charge on any atom is 0.341 e. The molecule has 1 N–H and O–H groups in total. The number of halogens is 3. The first-order chi connectivity index (χ1) is 14.2. The number of anilines is 1. The normalized spacial score (nSPS) is 18.9. The minimum absolute atomic E-state index is 0.00237. The van der Waals surface area contributed by atoms with E-state index < -0.39 is 34.4 Å². The van der Waals surface area contributed by atoms with E-state index in [1.165, 1.54) is 0 Å². The Hall–Kier alpha value is -3.36. The third kappa shape index (κ3) is 3.20. The van der Waals surface area contributed by atoms with Gasteiger partial charge in [-0.15, -0.1) is 0 Å². The van der Waals surface area contributed by atoms with Crippen molar-refractivity contribution in [3.8, 4) is 5.69 Å². The van der Waals surface area contributed by atoms with E-state index in [0.717, 1.165) is 29.0 Å². The largest absolute Gasteiger partial charge is 0.477 e. The number of carbonyl (C=O) groups is 1. The average molecular weight is 417 g/mol. The van der Waals surface area contributed by atoms with Gasteiger partial charge < -0.3 is 10.0 Å². The maximum absolute atomic E-state index is 14.9. The van der Waals surface area contributed by atoms with Gasteiger partial charge >= 0.3 is 5.97 Å². The Kier molecular flexibility index (Phi) is 4.76. The summed E-state index contributed by atoms with van der Waals surface area (Å²) in [6.07, 6.45) is 0.924. The summed E-state index contributed by atoms with van der Waals surface area (Å²) < 4.78 is 43.8. The highest BCUT2D eigenvalue weighted by atomic mass is 19.1. The van der Waals surface area contributed by atoms with Crippen LogP contribution in [0.3, 0.4) is 0 Å².